The summed E-state index contributed by atoms with van der Waals surface area (Å²) in [6.07, 6.45) is -3.08. The number of hydrogen-bond acceptors (Lipinski definition) is 6. The Bertz CT molecular complexity index is 310. The molecule has 0 unspecified atom stereocenters. The number of aliphatic carboxylic acids is 1. The molecule has 0 fully saturated rings. The summed E-state index contributed by atoms with van der Waals surface area (Å²) in [4.78, 5) is 21.3. The molecular formula is C7H8NaO7. The van der Waals surface area contributed by atoms with E-state index in [2.05, 4.69) is 4.74 Å². The van der Waals surface area contributed by atoms with Gasteiger partial charge in [-0.25, -0.2) is 9.59 Å². The summed E-state index contributed by atoms with van der Waals surface area (Å²) in [6.45, 7) is -0.776. The third-order valence-corrected chi connectivity index (χ3v) is 1.73. The first-order chi connectivity index (χ1) is 6.49. The van der Waals surface area contributed by atoms with Gasteiger partial charge in [-0.2, -0.15) is 0 Å². The Kier molecular flexibility index (Phi) is 5.26. The fourth-order valence-electron chi connectivity index (χ4n) is 1.06. The van der Waals surface area contributed by atoms with Crippen LogP contribution in [0.5, 0.6) is 0 Å². The van der Waals surface area contributed by atoms with Gasteiger partial charge in [-0.1, -0.05) is 0 Å². The molecule has 0 aromatic carbocycles. The maximum atomic E-state index is 10.7. The van der Waals surface area contributed by atoms with Crippen molar-refractivity contribution in [3.05, 3.63) is 11.3 Å². The first-order valence-electron chi connectivity index (χ1n) is 3.65. The van der Waals surface area contributed by atoms with Crippen LogP contribution in [0.15, 0.2) is 11.3 Å². The van der Waals surface area contributed by atoms with Crippen LogP contribution in [0.2, 0.25) is 0 Å². The summed E-state index contributed by atoms with van der Waals surface area (Å²) in [7, 11) is 0. The number of aliphatic hydroxyl groups is 3. The summed E-state index contributed by atoms with van der Waals surface area (Å²) < 4.78 is 4.35. The van der Waals surface area contributed by atoms with Gasteiger partial charge in [-0.05, 0) is 0 Å². The number of ether oxygens (including phenoxy) is 1. The van der Waals surface area contributed by atoms with Gasteiger partial charge in [0.2, 0.25) is 5.76 Å². The number of carboxylic acid groups (broad SMARTS) is 1. The Morgan fingerprint density at radius 3 is 2.47 bits per heavy atom. The van der Waals surface area contributed by atoms with Crippen molar-refractivity contribution in [1.82, 2.24) is 0 Å². The van der Waals surface area contributed by atoms with Gasteiger partial charge in [0.25, 0.3) is 0 Å². The van der Waals surface area contributed by atoms with E-state index in [1.165, 1.54) is 0 Å². The number of hydrogen-bond donors (Lipinski definition) is 4. The molecule has 0 bridgehead atoms. The van der Waals surface area contributed by atoms with Crippen LogP contribution in [-0.2, 0) is 14.3 Å². The van der Waals surface area contributed by atoms with Crippen LogP contribution in [0.25, 0.3) is 0 Å². The van der Waals surface area contributed by atoms with Crippen molar-refractivity contribution < 1.29 is 34.8 Å². The minimum atomic E-state index is -1.58. The van der Waals surface area contributed by atoms with Gasteiger partial charge >= 0.3 is 11.9 Å². The predicted molar refractivity (Wildman–Crippen MR) is 46.0 cm³/mol. The van der Waals surface area contributed by atoms with E-state index in [-0.39, 0.29) is 29.6 Å². The molecule has 8 heteroatoms. The van der Waals surface area contributed by atoms with Gasteiger partial charge in [0, 0.05) is 29.6 Å². The fraction of sp³-hybridized carbons (Fsp3) is 0.429. The average Bonchev–Trinajstić information content (AvgIpc) is 2.42. The minimum Gasteiger partial charge on any atom is -0.501 e. The van der Waals surface area contributed by atoms with Crippen molar-refractivity contribution in [3.8, 4) is 0 Å². The van der Waals surface area contributed by atoms with Crippen LogP contribution in [0.4, 0.5) is 0 Å². The molecule has 1 rings (SSSR count). The second kappa shape index (κ2) is 5.47. The zero-order valence-electron chi connectivity index (χ0n) is 7.88. The molecule has 0 aromatic rings. The molecule has 1 radical (unpaired) electrons. The van der Waals surface area contributed by atoms with Gasteiger partial charge < -0.3 is 25.2 Å². The molecule has 79 valence electrons. The van der Waals surface area contributed by atoms with E-state index in [0.717, 1.165) is 0 Å². The van der Waals surface area contributed by atoms with E-state index in [0.29, 0.717) is 0 Å². The smallest absolute Gasteiger partial charge is 0.374 e. The van der Waals surface area contributed by atoms with Crippen LogP contribution in [0.3, 0.4) is 0 Å². The van der Waals surface area contributed by atoms with Crippen molar-refractivity contribution in [2.45, 2.75) is 12.2 Å². The molecule has 0 aromatic heterocycles. The van der Waals surface area contributed by atoms with Gasteiger partial charge in [-0.15, -0.1) is 0 Å². The van der Waals surface area contributed by atoms with E-state index in [1.807, 2.05) is 0 Å². The van der Waals surface area contributed by atoms with Crippen LogP contribution >= 0.6 is 0 Å². The number of carbonyl (C=O) groups excluding carboxylic acids is 1. The molecule has 4 N–H and O–H groups in total. The molecule has 0 saturated heterocycles. The van der Waals surface area contributed by atoms with Crippen LogP contribution < -0.4 is 0 Å². The summed E-state index contributed by atoms with van der Waals surface area (Å²) in [5.41, 5.74) is -0.739. The zero-order valence-corrected chi connectivity index (χ0v) is 9.88. The quantitative estimate of drug-likeness (QED) is 0.318. The van der Waals surface area contributed by atoms with Crippen LogP contribution in [0.1, 0.15) is 0 Å². The van der Waals surface area contributed by atoms with Crippen molar-refractivity contribution in [3.63, 3.8) is 0 Å². The number of rotatable bonds is 3. The van der Waals surface area contributed by atoms with Gasteiger partial charge in [-0.3, -0.25) is 0 Å². The van der Waals surface area contributed by atoms with Gasteiger partial charge in [0.1, 0.15) is 11.7 Å². The van der Waals surface area contributed by atoms with E-state index < -0.39 is 42.1 Å². The third-order valence-electron chi connectivity index (χ3n) is 1.73. The molecule has 7 nitrogen and oxygen atoms in total. The maximum absolute atomic E-state index is 10.7. The first-order valence-corrected chi connectivity index (χ1v) is 3.65. The number of aliphatic hydroxyl groups excluding tert-OH is 3. The Morgan fingerprint density at radius 1 is 1.53 bits per heavy atom. The normalized spacial score (nSPS) is 22.0. The van der Waals surface area contributed by atoms with E-state index >= 15 is 0 Å². The van der Waals surface area contributed by atoms with Crippen molar-refractivity contribution >= 4 is 41.5 Å². The van der Waals surface area contributed by atoms with Crippen molar-refractivity contribution in [1.29, 1.82) is 0 Å². The molecule has 1 aliphatic rings. The molecule has 0 aliphatic carbocycles. The molecule has 1 aliphatic heterocycles. The monoisotopic (exact) mass is 227 g/mol. The number of carboxylic acids is 1. The Balaban J connectivity index is 0.00000196. The topological polar surface area (TPSA) is 124 Å². The van der Waals surface area contributed by atoms with Gasteiger partial charge in [0.05, 0.1) is 6.61 Å². The van der Waals surface area contributed by atoms with Crippen LogP contribution in [0, 0.1) is 0 Å². The summed E-state index contributed by atoms with van der Waals surface area (Å²) >= 11 is 0. The SMILES string of the molecule is O=C(O)C1=C(O)C(=O)O[C@H]1[C@@H](O)CO.[Na]. The molecule has 2 atom stereocenters. The average molecular weight is 227 g/mol. The minimum absolute atomic E-state index is 0. The predicted octanol–water partition coefficient (Wildman–Crippen LogP) is -2.22. The number of cyclic esters (lactones) is 1. The molecule has 0 saturated carbocycles. The largest absolute Gasteiger partial charge is 0.501 e. The Labute approximate surface area is 106 Å². The third kappa shape index (κ3) is 2.70. The summed E-state index contributed by atoms with van der Waals surface area (Å²) in [5, 5.41) is 35.2. The molecule has 0 spiro atoms. The van der Waals surface area contributed by atoms with Crippen molar-refractivity contribution in [2.75, 3.05) is 6.61 Å². The maximum Gasteiger partial charge on any atom is 0.374 e. The second-order valence-corrected chi connectivity index (χ2v) is 2.64. The van der Waals surface area contributed by atoms with E-state index in [4.69, 9.17) is 20.4 Å². The molecule has 15 heavy (non-hydrogen) atoms. The second-order valence-electron chi connectivity index (χ2n) is 2.64. The summed E-state index contributed by atoms with van der Waals surface area (Å²) in [5.74, 6) is -3.85. The summed E-state index contributed by atoms with van der Waals surface area (Å²) in [6, 6.07) is 0. The van der Waals surface area contributed by atoms with Crippen molar-refractivity contribution in [2.24, 2.45) is 0 Å². The Morgan fingerprint density at radius 2 is 2.07 bits per heavy atom. The van der Waals surface area contributed by atoms with Crippen LogP contribution in [-0.4, -0.2) is 80.7 Å². The number of esters is 1. The van der Waals surface area contributed by atoms with Gasteiger partial charge in [0.15, 0.2) is 6.10 Å². The molecule has 1 heterocycles. The first kappa shape index (κ1) is 14.4. The molecular weight excluding hydrogens is 219 g/mol. The van der Waals surface area contributed by atoms with E-state index in [1.54, 1.807) is 0 Å². The standard InChI is InChI=1S/C7H8O7.Na/c8-1-2(9)5-3(6(11)12)4(10)7(13)14-5;/h2,5,8-10H,1H2,(H,11,12);/t2-,5-;/m0./s1. The molecule has 0 amide bonds. The zero-order chi connectivity index (χ0) is 10.9. The van der Waals surface area contributed by atoms with E-state index in [9.17, 15) is 9.59 Å². The fourth-order valence-corrected chi connectivity index (χ4v) is 1.06. The number of carbonyl (C=O) groups is 2. The Hall–Kier alpha value is -0.600.